The zero-order valence-corrected chi connectivity index (χ0v) is 15.3. The fraction of sp³-hybridized carbons (Fsp3) is 0.167. The van der Waals surface area contributed by atoms with Gasteiger partial charge in [-0.05, 0) is 49.2 Å². The normalized spacial score (nSPS) is 11.0. The van der Waals surface area contributed by atoms with E-state index in [2.05, 4.69) is 4.98 Å². The van der Waals surface area contributed by atoms with E-state index in [-0.39, 0.29) is 11.3 Å². The Hall–Kier alpha value is -2.31. The SMILES string of the molecule is Cc1cccc(-n2c(SCC(N)=O)nc3cc(Cl)ccc3c2=O)c1C. The number of rotatable bonds is 4. The molecule has 0 fully saturated rings. The van der Waals surface area contributed by atoms with E-state index in [1.807, 2.05) is 32.0 Å². The zero-order valence-electron chi connectivity index (χ0n) is 13.7. The van der Waals surface area contributed by atoms with Crippen molar-refractivity contribution >= 4 is 40.2 Å². The highest BCUT2D eigenvalue weighted by atomic mass is 35.5. The van der Waals surface area contributed by atoms with E-state index in [0.717, 1.165) is 28.6 Å². The maximum Gasteiger partial charge on any atom is 0.266 e. The molecule has 0 aliphatic heterocycles. The average molecular weight is 374 g/mol. The highest BCUT2D eigenvalue weighted by Crippen LogP contribution is 2.25. The summed E-state index contributed by atoms with van der Waals surface area (Å²) in [6, 6.07) is 10.7. The van der Waals surface area contributed by atoms with Gasteiger partial charge in [0.1, 0.15) is 0 Å². The Morgan fingerprint density at radius 3 is 2.76 bits per heavy atom. The number of aromatic nitrogens is 2. The van der Waals surface area contributed by atoms with Gasteiger partial charge in [0.25, 0.3) is 5.56 Å². The lowest BCUT2D eigenvalue weighted by Crippen LogP contribution is -2.23. The van der Waals surface area contributed by atoms with Crippen molar-refractivity contribution in [2.45, 2.75) is 19.0 Å². The van der Waals surface area contributed by atoms with Crippen molar-refractivity contribution in [2.24, 2.45) is 5.73 Å². The third-order valence-electron chi connectivity index (χ3n) is 3.96. The van der Waals surface area contributed by atoms with E-state index in [4.69, 9.17) is 17.3 Å². The predicted molar refractivity (Wildman–Crippen MR) is 102 cm³/mol. The van der Waals surface area contributed by atoms with Gasteiger partial charge in [0.2, 0.25) is 5.91 Å². The quantitative estimate of drug-likeness (QED) is 0.562. The van der Waals surface area contributed by atoms with Crippen molar-refractivity contribution in [3.63, 3.8) is 0 Å². The van der Waals surface area contributed by atoms with Crippen LogP contribution in [0, 0.1) is 13.8 Å². The Morgan fingerprint density at radius 2 is 2.04 bits per heavy atom. The molecule has 0 unspecified atom stereocenters. The summed E-state index contributed by atoms with van der Waals surface area (Å²) in [5.41, 5.74) is 8.32. The third-order valence-corrected chi connectivity index (χ3v) is 5.16. The standard InChI is InChI=1S/C18H16ClN3O2S/c1-10-4-3-5-15(11(10)2)22-17(24)13-7-6-12(19)8-14(13)21-18(22)25-9-16(20)23/h3-8H,9H2,1-2H3,(H2,20,23). The second kappa shape index (κ2) is 6.90. The molecule has 0 saturated carbocycles. The minimum atomic E-state index is -0.474. The van der Waals surface area contributed by atoms with E-state index in [1.165, 1.54) is 4.57 Å². The molecule has 0 aliphatic carbocycles. The number of nitrogens with two attached hydrogens (primary N) is 1. The molecule has 0 spiro atoms. The van der Waals surface area contributed by atoms with Gasteiger partial charge < -0.3 is 5.73 Å². The van der Waals surface area contributed by atoms with E-state index >= 15 is 0 Å². The molecular weight excluding hydrogens is 358 g/mol. The van der Waals surface area contributed by atoms with Crippen molar-refractivity contribution in [3.8, 4) is 5.69 Å². The van der Waals surface area contributed by atoms with Crippen molar-refractivity contribution in [1.29, 1.82) is 0 Å². The Bertz CT molecular complexity index is 1050. The molecule has 2 N–H and O–H groups in total. The number of fused-ring (bicyclic) bond motifs is 1. The van der Waals surface area contributed by atoms with Crippen LogP contribution in [0.2, 0.25) is 5.02 Å². The molecule has 25 heavy (non-hydrogen) atoms. The van der Waals surface area contributed by atoms with Crippen LogP contribution in [0.25, 0.3) is 16.6 Å². The summed E-state index contributed by atoms with van der Waals surface area (Å²) in [4.78, 5) is 28.9. The van der Waals surface area contributed by atoms with Gasteiger partial charge in [-0.1, -0.05) is 35.5 Å². The summed E-state index contributed by atoms with van der Waals surface area (Å²) >= 11 is 7.16. The van der Waals surface area contributed by atoms with Crippen LogP contribution < -0.4 is 11.3 Å². The van der Waals surface area contributed by atoms with Gasteiger partial charge in [0.15, 0.2) is 5.16 Å². The summed E-state index contributed by atoms with van der Waals surface area (Å²) < 4.78 is 1.53. The number of halogens is 1. The monoisotopic (exact) mass is 373 g/mol. The highest BCUT2D eigenvalue weighted by molar-refractivity contribution is 7.99. The summed E-state index contributed by atoms with van der Waals surface area (Å²) in [6.45, 7) is 3.93. The van der Waals surface area contributed by atoms with Crippen LogP contribution in [0.3, 0.4) is 0 Å². The molecule has 3 rings (SSSR count). The van der Waals surface area contributed by atoms with Crippen molar-refractivity contribution in [1.82, 2.24) is 9.55 Å². The van der Waals surface area contributed by atoms with Gasteiger partial charge in [0.05, 0.1) is 22.3 Å². The van der Waals surface area contributed by atoms with E-state index in [9.17, 15) is 9.59 Å². The first-order chi connectivity index (χ1) is 11.9. The first-order valence-corrected chi connectivity index (χ1v) is 8.95. The summed E-state index contributed by atoms with van der Waals surface area (Å²) in [5.74, 6) is -0.443. The number of carbonyl (C=O) groups excluding carboxylic acids is 1. The molecule has 0 atom stereocenters. The Balaban J connectivity index is 2.34. The van der Waals surface area contributed by atoms with Crippen LogP contribution >= 0.6 is 23.4 Å². The highest BCUT2D eigenvalue weighted by Gasteiger charge is 2.16. The number of amides is 1. The first-order valence-electron chi connectivity index (χ1n) is 7.58. The van der Waals surface area contributed by atoms with E-state index < -0.39 is 5.91 Å². The van der Waals surface area contributed by atoms with Crippen LogP contribution in [0.15, 0.2) is 46.3 Å². The number of carbonyl (C=O) groups is 1. The summed E-state index contributed by atoms with van der Waals surface area (Å²) in [6.07, 6.45) is 0. The van der Waals surface area contributed by atoms with E-state index in [1.54, 1.807) is 18.2 Å². The minimum absolute atomic E-state index is 0.0311. The van der Waals surface area contributed by atoms with Crippen LogP contribution in [0.5, 0.6) is 0 Å². The predicted octanol–water partition coefficient (Wildman–Crippen LogP) is 3.23. The molecule has 128 valence electrons. The molecule has 1 heterocycles. The Labute approximate surface area is 153 Å². The largest absolute Gasteiger partial charge is 0.369 e. The molecule has 1 amide bonds. The van der Waals surface area contributed by atoms with Crippen LogP contribution in [-0.2, 0) is 4.79 Å². The lowest BCUT2D eigenvalue weighted by Gasteiger charge is -2.16. The fourth-order valence-corrected chi connectivity index (χ4v) is 3.47. The zero-order chi connectivity index (χ0) is 18.1. The van der Waals surface area contributed by atoms with Crippen molar-refractivity contribution in [2.75, 3.05) is 5.75 Å². The molecule has 0 bridgehead atoms. The number of primary amides is 1. The maximum atomic E-state index is 13.1. The topological polar surface area (TPSA) is 78.0 Å². The molecule has 2 aromatic carbocycles. The number of nitrogens with zero attached hydrogens (tertiary/aromatic N) is 2. The Kier molecular flexibility index (Phi) is 4.83. The fourth-order valence-electron chi connectivity index (χ4n) is 2.56. The Morgan fingerprint density at radius 1 is 1.28 bits per heavy atom. The van der Waals surface area contributed by atoms with Crippen molar-refractivity contribution < 1.29 is 4.79 Å². The lowest BCUT2D eigenvalue weighted by atomic mass is 10.1. The van der Waals surface area contributed by atoms with Crippen LogP contribution in [0.1, 0.15) is 11.1 Å². The molecule has 0 radical (unpaired) electrons. The van der Waals surface area contributed by atoms with Gasteiger partial charge in [-0.3, -0.25) is 14.2 Å². The molecule has 3 aromatic rings. The molecular formula is C18H16ClN3O2S. The minimum Gasteiger partial charge on any atom is -0.369 e. The molecule has 0 saturated heterocycles. The maximum absolute atomic E-state index is 13.1. The second-order valence-electron chi connectivity index (χ2n) is 5.67. The smallest absolute Gasteiger partial charge is 0.266 e. The second-order valence-corrected chi connectivity index (χ2v) is 7.05. The number of aryl methyl sites for hydroxylation is 1. The van der Waals surface area contributed by atoms with Gasteiger partial charge in [-0.2, -0.15) is 0 Å². The summed E-state index contributed by atoms with van der Waals surface area (Å²) in [7, 11) is 0. The van der Waals surface area contributed by atoms with Crippen LogP contribution in [-0.4, -0.2) is 21.2 Å². The van der Waals surface area contributed by atoms with Gasteiger partial charge in [0, 0.05) is 5.02 Å². The van der Waals surface area contributed by atoms with Crippen molar-refractivity contribution in [3.05, 3.63) is 62.9 Å². The molecule has 5 nitrogen and oxygen atoms in total. The summed E-state index contributed by atoms with van der Waals surface area (Å²) in [5, 5.41) is 1.37. The number of hydrogen-bond acceptors (Lipinski definition) is 4. The van der Waals surface area contributed by atoms with E-state index in [0.29, 0.717) is 21.1 Å². The lowest BCUT2D eigenvalue weighted by molar-refractivity contribution is -0.115. The molecule has 1 aromatic heterocycles. The van der Waals surface area contributed by atoms with Gasteiger partial charge in [-0.25, -0.2) is 4.98 Å². The molecule has 7 heteroatoms. The number of hydrogen-bond donors (Lipinski definition) is 1. The average Bonchev–Trinajstić information content (AvgIpc) is 2.56. The number of benzene rings is 2. The third kappa shape index (κ3) is 3.41. The molecule has 0 aliphatic rings. The number of thioether (sulfide) groups is 1. The van der Waals surface area contributed by atoms with Crippen LogP contribution in [0.4, 0.5) is 0 Å². The first kappa shape index (κ1) is 17.5. The van der Waals surface area contributed by atoms with Gasteiger partial charge >= 0.3 is 0 Å². The van der Waals surface area contributed by atoms with Gasteiger partial charge in [-0.15, -0.1) is 0 Å².